The minimum Gasteiger partial charge on any atom is -0.392 e. The van der Waals surface area contributed by atoms with Crippen molar-refractivity contribution in [2.75, 3.05) is 6.61 Å². The van der Waals surface area contributed by atoms with Crippen LogP contribution in [0.2, 0.25) is 0 Å². The molecule has 0 radical (unpaired) electrons. The van der Waals surface area contributed by atoms with E-state index in [0.717, 1.165) is 15.6 Å². The Morgan fingerprint density at radius 2 is 1.92 bits per heavy atom. The van der Waals surface area contributed by atoms with Gasteiger partial charge in [0.1, 0.15) is 17.3 Å². The molecule has 0 aliphatic rings. The van der Waals surface area contributed by atoms with Gasteiger partial charge in [0.15, 0.2) is 0 Å². The summed E-state index contributed by atoms with van der Waals surface area (Å²) >= 11 is 3.44. The van der Waals surface area contributed by atoms with Crippen molar-refractivity contribution >= 4 is 27.7 Å². The topological polar surface area (TPSA) is 87.7 Å². The largest absolute Gasteiger partial charge is 0.392 e. The molecule has 0 aliphatic heterocycles. The number of aliphatic imine (C=N–C) groups is 1. The maximum Gasteiger partial charge on any atom is 0.269 e. The quantitative estimate of drug-likeness (QED) is 0.366. The first kappa shape index (κ1) is 19.8. The molecule has 0 fully saturated rings. The van der Waals surface area contributed by atoms with Gasteiger partial charge in [-0.15, -0.1) is 0 Å². The van der Waals surface area contributed by atoms with Gasteiger partial charge in [-0.3, -0.25) is 4.79 Å². The fraction of sp³-hybridized carbons (Fsp3) is 0.158. The number of rotatable bonds is 7. The minimum atomic E-state index is -0.474. The lowest BCUT2D eigenvalue weighted by Crippen LogP contribution is -2.26. The highest BCUT2D eigenvalue weighted by Gasteiger charge is 2.10. The molecule has 0 bridgehead atoms. The Morgan fingerprint density at radius 1 is 1.23 bits per heavy atom. The second kappa shape index (κ2) is 9.84. The average Bonchev–Trinajstić information content (AvgIpc) is 2.62. The number of carbonyl (C=O) groups is 1. The second-order valence-corrected chi connectivity index (χ2v) is 6.31. The summed E-state index contributed by atoms with van der Waals surface area (Å²) in [6.07, 6.45) is 1.64. The Bertz CT molecular complexity index is 820. The van der Waals surface area contributed by atoms with Gasteiger partial charge >= 0.3 is 0 Å². The van der Waals surface area contributed by atoms with Crippen LogP contribution in [0.3, 0.4) is 0 Å². The fourth-order valence-electron chi connectivity index (χ4n) is 2.18. The molecule has 0 heterocycles. The summed E-state index contributed by atoms with van der Waals surface area (Å²) in [5.74, 6) is -0.572. The number of nitrogens with zero attached hydrogens (tertiary/aromatic N) is 1. The molecule has 0 saturated carbocycles. The fourth-order valence-corrected chi connectivity index (χ4v) is 2.61. The van der Waals surface area contributed by atoms with Crippen LogP contribution in [0.1, 0.15) is 11.1 Å². The number of amidine groups is 1. The number of nitrogens with one attached hydrogen (secondary N) is 1. The summed E-state index contributed by atoms with van der Waals surface area (Å²) in [6, 6.07) is 13.4. The summed E-state index contributed by atoms with van der Waals surface area (Å²) in [5, 5.41) is 11.8. The van der Waals surface area contributed by atoms with E-state index >= 15 is 0 Å². The molecule has 2 rings (SSSR count). The van der Waals surface area contributed by atoms with Crippen molar-refractivity contribution in [1.29, 1.82) is 0 Å². The Balaban J connectivity index is 2.04. The first-order valence-corrected chi connectivity index (χ1v) is 8.69. The van der Waals surface area contributed by atoms with E-state index in [2.05, 4.69) is 26.2 Å². The van der Waals surface area contributed by atoms with E-state index in [9.17, 15) is 9.18 Å². The Morgan fingerprint density at radius 3 is 2.58 bits per heavy atom. The SMILES string of the molecule is NC(Cc1ccccc1Br)=NC(=CCO)C(=O)NCc1ccc(F)cc1. The van der Waals surface area contributed by atoms with Crippen LogP contribution >= 0.6 is 15.9 Å². The van der Waals surface area contributed by atoms with Crippen LogP contribution in [0.4, 0.5) is 4.39 Å². The summed E-state index contributed by atoms with van der Waals surface area (Å²) in [5.41, 5.74) is 7.66. The number of benzene rings is 2. The van der Waals surface area contributed by atoms with Crippen LogP contribution in [-0.2, 0) is 17.8 Å². The molecule has 1 amide bonds. The van der Waals surface area contributed by atoms with Gasteiger partial charge in [0.25, 0.3) is 5.91 Å². The third kappa shape index (κ3) is 6.09. The highest BCUT2D eigenvalue weighted by Crippen LogP contribution is 2.16. The predicted octanol–water partition coefficient (Wildman–Crippen LogP) is 2.68. The van der Waals surface area contributed by atoms with E-state index in [1.54, 1.807) is 12.1 Å². The molecule has 2 aromatic carbocycles. The molecule has 0 unspecified atom stereocenters. The second-order valence-electron chi connectivity index (χ2n) is 5.45. The molecule has 0 aliphatic carbocycles. The van der Waals surface area contributed by atoms with E-state index in [4.69, 9.17) is 10.8 Å². The van der Waals surface area contributed by atoms with Crippen LogP contribution in [0.25, 0.3) is 0 Å². The lowest BCUT2D eigenvalue weighted by Gasteiger charge is -2.08. The zero-order valence-electron chi connectivity index (χ0n) is 14.0. The van der Waals surface area contributed by atoms with Crippen molar-refractivity contribution in [3.8, 4) is 0 Å². The zero-order chi connectivity index (χ0) is 18.9. The molecule has 4 N–H and O–H groups in total. The van der Waals surface area contributed by atoms with Crippen LogP contribution in [0, 0.1) is 5.82 Å². The van der Waals surface area contributed by atoms with Crippen molar-refractivity contribution in [2.24, 2.45) is 10.7 Å². The van der Waals surface area contributed by atoms with Gasteiger partial charge in [-0.05, 0) is 35.4 Å². The Labute approximate surface area is 159 Å². The number of hydrogen-bond donors (Lipinski definition) is 3. The minimum absolute atomic E-state index is 0.0270. The molecule has 2 aromatic rings. The van der Waals surface area contributed by atoms with Crippen LogP contribution < -0.4 is 11.1 Å². The van der Waals surface area contributed by atoms with E-state index in [-0.39, 0.29) is 30.5 Å². The van der Waals surface area contributed by atoms with Gasteiger partial charge in [0.2, 0.25) is 0 Å². The molecule has 0 saturated heterocycles. The summed E-state index contributed by atoms with van der Waals surface area (Å²) in [7, 11) is 0. The summed E-state index contributed by atoms with van der Waals surface area (Å²) in [4.78, 5) is 16.4. The molecular weight excluding hydrogens is 401 g/mol. The smallest absolute Gasteiger partial charge is 0.269 e. The van der Waals surface area contributed by atoms with Crippen LogP contribution in [0.15, 0.2) is 69.8 Å². The van der Waals surface area contributed by atoms with Gasteiger partial charge in [0, 0.05) is 17.4 Å². The van der Waals surface area contributed by atoms with Gasteiger partial charge in [0.05, 0.1) is 6.61 Å². The molecule has 0 spiro atoms. The average molecular weight is 420 g/mol. The zero-order valence-corrected chi connectivity index (χ0v) is 15.5. The Kier molecular flexibility index (Phi) is 7.50. The highest BCUT2D eigenvalue weighted by atomic mass is 79.9. The normalized spacial score (nSPS) is 12.1. The van der Waals surface area contributed by atoms with Crippen molar-refractivity contribution in [2.45, 2.75) is 13.0 Å². The van der Waals surface area contributed by atoms with Gasteiger partial charge in [-0.1, -0.05) is 46.3 Å². The maximum absolute atomic E-state index is 12.9. The van der Waals surface area contributed by atoms with Crippen molar-refractivity contribution in [3.63, 3.8) is 0 Å². The molecule has 136 valence electrons. The number of halogens is 2. The van der Waals surface area contributed by atoms with E-state index in [1.165, 1.54) is 18.2 Å². The first-order chi connectivity index (χ1) is 12.5. The van der Waals surface area contributed by atoms with Gasteiger partial charge in [-0.2, -0.15) is 0 Å². The van der Waals surface area contributed by atoms with Crippen LogP contribution in [-0.4, -0.2) is 23.5 Å². The summed E-state index contributed by atoms with van der Waals surface area (Å²) < 4.78 is 13.8. The lowest BCUT2D eigenvalue weighted by molar-refractivity contribution is -0.117. The number of carbonyl (C=O) groups excluding carboxylic acids is 1. The molecule has 0 aromatic heterocycles. The van der Waals surface area contributed by atoms with E-state index < -0.39 is 5.91 Å². The highest BCUT2D eigenvalue weighted by molar-refractivity contribution is 9.10. The van der Waals surface area contributed by atoms with E-state index in [1.807, 2.05) is 24.3 Å². The maximum atomic E-state index is 12.9. The molecule has 0 atom stereocenters. The van der Waals surface area contributed by atoms with E-state index in [0.29, 0.717) is 6.42 Å². The predicted molar refractivity (Wildman–Crippen MR) is 103 cm³/mol. The number of aliphatic hydroxyl groups is 1. The van der Waals surface area contributed by atoms with Crippen molar-refractivity contribution in [1.82, 2.24) is 5.32 Å². The number of aliphatic hydroxyl groups excluding tert-OH is 1. The number of nitrogens with two attached hydrogens (primary N) is 1. The monoisotopic (exact) mass is 419 g/mol. The number of amides is 1. The van der Waals surface area contributed by atoms with Gasteiger partial charge < -0.3 is 16.2 Å². The van der Waals surface area contributed by atoms with Gasteiger partial charge in [-0.25, -0.2) is 9.38 Å². The first-order valence-electron chi connectivity index (χ1n) is 7.89. The molecular formula is C19H19BrFN3O2. The van der Waals surface area contributed by atoms with Crippen molar-refractivity contribution in [3.05, 3.63) is 81.7 Å². The molecule has 5 nitrogen and oxygen atoms in total. The standard InChI is InChI=1S/C19H19BrFN3O2/c20-16-4-2-1-3-14(16)11-18(22)24-17(9-10-25)19(26)23-12-13-5-7-15(21)8-6-13/h1-9,25H,10-12H2,(H2,22,24)(H,23,26). The van der Waals surface area contributed by atoms with Crippen molar-refractivity contribution < 1.29 is 14.3 Å². The third-order valence-corrected chi connectivity index (χ3v) is 4.25. The number of hydrogen-bond acceptors (Lipinski definition) is 3. The molecule has 7 heteroatoms. The third-order valence-electron chi connectivity index (χ3n) is 3.48. The van der Waals surface area contributed by atoms with Crippen LogP contribution in [0.5, 0.6) is 0 Å². The Hall–Kier alpha value is -2.51. The lowest BCUT2D eigenvalue weighted by atomic mass is 10.1. The molecule has 26 heavy (non-hydrogen) atoms. The summed E-state index contributed by atoms with van der Waals surface area (Å²) in [6.45, 7) is -0.132.